The van der Waals surface area contributed by atoms with Crippen molar-refractivity contribution in [3.63, 3.8) is 0 Å². The summed E-state index contributed by atoms with van der Waals surface area (Å²) in [4.78, 5) is 0. The van der Waals surface area contributed by atoms with Gasteiger partial charge < -0.3 is 5.73 Å². The Bertz CT molecular complexity index is 53.0. The highest BCUT2D eigenvalue weighted by Gasteiger charge is 2.24. The summed E-state index contributed by atoms with van der Waals surface area (Å²) in [5.74, 6) is 0. The van der Waals surface area contributed by atoms with E-state index in [4.69, 9.17) is 0 Å². The first-order valence-electron chi connectivity index (χ1n) is 1.83. The van der Waals surface area contributed by atoms with E-state index in [1.54, 1.807) is 0 Å². The standard InChI is InChI=1S/C3H6F3N.HI/c4-3(5,6)1-2-7;/h1-2,7H2;1H. The maximum absolute atomic E-state index is 11.0. The van der Waals surface area contributed by atoms with E-state index in [1.807, 2.05) is 0 Å². The second-order valence-electron chi connectivity index (χ2n) is 1.15. The van der Waals surface area contributed by atoms with Gasteiger partial charge in [-0.3, -0.25) is 0 Å². The van der Waals surface area contributed by atoms with Gasteiger partial charge in [-0.15, -0.1) is 24.0 Å². The lowest BCUT2D eigenvalue weighted by Gasteiger charge is -2.00. The average molecular weight is 241 g/mol. The summed E-state index contributed by atoms with van der Waals surface area (Å²) in [5.41, 5.74) is 4.59. The van der Waals surface area contributed by atoms with E-state index < -0.39 is 12.6 Å². The summed E-state index contributed by atoms with van der Waals surface area (Å²) < 4.78 is 32.9. The molecule has 0 aliphatic carbocycles. The molecule has 0 aromatic carbocycles. The average Bonchev–Trinajstić information content (AvgIpc) is 1.30. The van der Waals surface area contributed by atoms with Crippen LogP contribution in [0.15, 0.2) is 0 Å². The van der Waals surface area contributed by atoms with E-state index >= 15 is 0 Å². The van der Waals surface area contributed by atoms with Crippen molar-refractivity contribution >= 4 is 24.0 Å². The molecule has 0 atom stereocenters. The molecule has 0 saturated carbocycles. The second-order valence-corrected chi connectivity index (χ2v) is 1.15. The van der Waals surface area contributed by atoms with Crippen molar-refractivity contribution in [2.45, 2.75) is 12.6 Å². The molecule has 0 unspecified atom stereocenters. The van der Waals surface area contributed by atoms with Crippen molar-refractivity contribution in [3.8, 4) is 0 Å². The van der Waals surface area contributed by atoms with Gasteiger partial charge in [-0.25, -0.2) is 0 Å². The molecule has 0 saturated heterocycles. The van der Waals surface area contributed by atoms with Gasteiger partial charge >= 0.3 is 6.18 Å². The molecule has 5 heteroatoms. The molecule has 8 heavy (non-hydrogen) atoms. The number of alkyl halides is 3. The summed E-state index contributed by atoms with van der Waals surface area (Å²) in [6.07, 6.45) is -4.96. The molecular formula is C3H7F3IN. The fraction of sp³-hybridized carbons (Fsp3) is 1.00. The van der Waals surface area contributed by atoms with Gasteiger partial charge in [0.25, 0.3) is 0 Å². The summed E-state index contributed by atoms with van der Waals surface area (Å²) in [7, 11) is 0. The van der Waals surface area contributed by atoms with Crippen LogP contribution in [0.5, 0.6) is 0 Å². The van der Waals surface area contributed by atoms with Crippen molar-refractivity contribution in [1.82, 2.24) is 0 Å². The van der Waals surface area contributed by atoms with Crippen LogP contribution in [0, 0.1) is 0 Å². The quantitative estimate of drug-likeness (QED) is 0.692. The number of hydrogen-bond donors (Lipinski definition) is 1. The van der Waals surface area contributed by atoms with E-state index in [-0.39, 0.29) is 30.5 Å². The highest BCUT2D eigenvalue weighted by Crippen LogP contribution is 2.17. The zero-order chi connectivity index (χ0) is 5.91. The smallest absolute Gasteiger partial charge is 0.330 e. The fourth-order valence-corrected chi connectivity index (χ4v) is 0.164. The molecule has 2 N–H and O–H groups in total. The van der Waals surface area contributed by atoms with Crippen LogP contribution in [0.3, 0.4) is 0 Å². The van der Waals surface area contributed by atoms with Gasteiger partial charge in [-0.05, 0) is 0 Å². The van der Waals surface area contributed by atoms with Crippen molar-refractivity contribution in [3.05, 3.63) is 0 Å². The molecular weight excluding hydrogens is 234 g/mol. The minimum Gasteiger partial charge on any atom is -0.330 e. The maximum Gasteiger partial charge on any atom is 0.390 e. The largest absolute Gasteiger partial charge is 0.390 e. The molecule has 0 radical (unpaired) electrons. The Kier molecular flexibility index (Phi) is 6.17. The summed E-state index contributed by atoms with van der Waals surface area (Å²) >= 11 is 0. The van der Waals surface area contributed by atoms with Crippen molar-refractivity contribution in [2.75, 3.05) is 6.54 Å². The van der Waals surface area contributed by atoms with Gasteiger partial charge in [0.1, 0.15) is 0 Å². The molecule has 0 aliphatic heterocycles. The molecule has 0 amide bonds. The normalized spacial score (nSPS) is 10.5. The molecule has 0 spiro atoms. The van der Waals surface area contributed by atoms with Crippen molar-refractivity contribution < 1.29 is 13.2 Å². The van der Waals surface area contributed by atoms with Crippen molar-refractivity contribution in [1.29, 1.82) is 0 Å². The minimum absolute atomic E-state index is 0. The molecule has 0 aliphatic rings. The predicted octanol–water partition coefficient (Wildman–Crippen LogP) is 1.52. The van der Waals surface area contributed by atoms with E-state index in [0.717, 1.165) is 0 Å². The summed E-state index contributed by atoms with van der Waals surface area (Å²) in [6.45, 7) is -0.316. The van der Waals surface area contributed by atoms with Gasteiger partial charge in [0, 0.05) is 6.54 Å². The number of nitrogens with two attached hydrogens (primary N) is 1. The Balaban J connectivity index is 0. The van der Waals surface area contributed by atoms with Gasteiger partial charge in [0.2, 0.25) is 0 Å². The Morgan fingerprint density at radius 2 is 1.62 bits per heavy atom. The van der Waals surface area contributed by atoms with Gasteiger partial charge in [-0.1, -0.05) is 0 Å². The fourth-order valence-electron chi connectivity index (χ4n) is 0.164. The number of rotatable bonds is 1. The van der Waals surface area contributed by atoms with E-state index in [2.05, 4.69) is 5.73 Å². The Labute approximate surface area is 62.4 Å². The van der Waals surface area contributed by atoms with Crippen LogP contribution in [0.1, 0.15) is 6.42 Å². The highest BCUT2D eigenvalue weighted by atomic mass is 127. The summed E-state index contributed by atoms with van der Waals surface area (Å²) in [5, 5.41) is 0. The lowest BCUT2D eigenvalue weighted by atomic mass is 10.4. The van der Waals surface area contributed by atoms with Crippen LogP contribution >= 0.6 is 24.0 Å². The highest BCUT2D eigenvalue weighted by molar-refractivity contribution is 14.0. The molecule has 0 bridgehead atoms. The van der Waals surface area contributed by atoms with E-state index in [9.17, 15) is 13.2 Å². The Morgan fingerprint density at radius 1 is 1.25 bits per heavy atom. The van der Waals surface area contributed by atoms with Crippen LogP contribution in [-0.2, 0) is 0 Å². The maximum atomic E-state index is 11.0. The minimum atomic E-state index is -4.07. The zero-order valence-corrected chi connectivity index (χ0v) is 6.36. The topological polar surface area (TPSA) is 26.0 Å². The molecule has 0 aromatic heterocycles. The van der Waals surface area contributed by atoms with Crippen LogP contribution in [0.4, 0.5) is 13.2 Å². The van der Waals surface area contributed by atoms with Gasteiger partial charge in [0.15, 0.2) is 0 Å². The van der Waals surface area contributed by atoms with E-state index in [1.165, 1.54) is 0 Å². The number of hydrogen-bond acceptors (Lipinski definition) is 1. The van der Waals surface area contributed by atoms with Crippen LogP contribution in [-0.4, -0.2) is 12.7 Å². The second kappa shape index (κ2) is 4.37. The monoisotopic (exact) mass is 241 g/mol. The molecule has 0 fully saturated rings. The first-order valence-corrected chi connectivity index (χ1v) is 1.83. The molecule has 0 aromatic rings. The zero-order valence-electron chi connectivity index (χ0n) is 4.03. The lowest BCUT2D eigenvalue weighted by molar-refractivity contribution is -0.132. The Hall–Kier alpha value is 0.480. The lowest BCUT2D eigenvalue weighted by Crippen LogP contribution is -2.14. The molecule has 0 rings (SSSR count). The Morgan fingerprint density at radius 3 is 1.62 bits per heavy atom. The molecule has 1 nitrogen and oxygen atoms in total. The van der Waals surface area contributed by atoms with Gasteiger partial charge in [0.05, 0.1) is 6.42 Å². The van der Waals surface area contributed by atoms with Crippen LogP contribution < -0.4 is 5.73 Å². The molecule has 0 heterocycles. The number of halogens is 4. The summed E-state index contributed by atoms with van der Waals surface area (Å²) in [6, 6.07) is 0. The first kappa shape index (κ1) is 11.3. The van der Waals surface area contributed by atoms with Crippen LogP contribution in [0.2, 0.25) is 0 Å². The SMILES string of the molecule is I.NCCC(F)(F)F. The predicted molar refractivity (Wildman–Crippen MR) is 35.1 cm³/mol. The third-order valence-corrected chi connectivity index (χ3v) is 0.428. The first-order chi connectivity index (χ1) is 3.06. The van der Waals surface area contributed by atoms with Crippen molar-refractivity contribution in [2.24, 2.45) is 5.73 Å². The van der Waals surface area contributed by atoms with Gasteiger partial charge in [-0.2, -0.15) is 13.2 Å². The third-order valence-electron chi connectivity index (χ3n) is 0.428. The van der Waals surface area contributed by atoms with E-state index in [0.29, 0.717) is 0 Å². The molecule has 52 valence electrons. The third kappa shape index (κ3) is 9.70. The van der Waals surface area contributed by atoms with Crippen LogP contribution in [0.25, 0.3) is 0 Å².